The Kier molecular flexibility index (Phi) is 3.76. The number of rotatable bonds is 4. The molecule has 0 spiro atoms. The average molecular weight is 326 g/mol. The summed E-state index contributed by atoms with van der Waals surface area (Å²) in [6.45, 7) is 0. The second-order valence-corrected chi connectivity index (χ2v) is 4.58. The molecule has 0 aliphatic rings. The van der Waals surface area contributed by atoms with E-state index in [-0.39, 0.29) is 35.7 Å². The van der Waals surface area contributed by atoms with Gasteiger partial charge in [0.2, 0.25) is 35.7 Å². The van der Waals surface area contributed by atoms with E-state index in [1.807, 2.05) is 0 Å². The Bertz CT molecular complexity index is 749. The second-order valence-electron chi connectivity index (χ2n) is 4.58. The Morgan fingerprint density at radius 2 is 0.792 bits per heavy atom. The van der Waals surface area contributed by atoms with Crippen LogP contribution >= 0.6 is 0 Å². The van der Waals surface area contributed by atoms with E-state index in [9.17, 15) is 0 Å². The number of nitrogens with zero attached hydrogens (tertiary/aromatic N) is 6. The van der Waals surface area contributed by atoms with Crippen molar-refractivity contribution < 1.29 is 0 Å². The van der Waals surface area contributed by atoms with Crippen LogP contribution in [0.5, 0.6) is 0 Å². The van der Waals surface area contributed by atoms with Crippen molar-refractivity contribution >= 4 is 47.1 Å². The molecule has 3 aromatic rings. The summed E-state index contributed by atoms with van der Waals surface area (Å²) in [5.74, 6) is 0.639. The molecule has 0 aliphatic carbocycles. The number of benzene rings is 1. The number of aromatic nitrogens is 6. The molecule has 2 heterocycles. The van der Waals surface area contributed by atoms with Gasteiger partial charge in [-0.1, -0.05) is 0 Å². The van der Waals surface area contributed by atoms with Crippen molar-refractivity contribution in [3.05, 3.63) is 24.3 Å². The Labute approximate surface area is 135 Å². The molecule has 0 amide bonds. The molecule has 0 unspecified atom stereocenters. The zero-order valence-electron chi connectivity index (χ0n) is 12.3. The highest BCUT2D eigenvalue weighted by Crippen LogP contribution is 2.19. The summed E-state index contributed by atoms with van der Waals surface area (Å²) in [6.07, 6.45) is 0. The molecule has 3 rings (SSSR count). The van der Waals surface area contributed by atoms with Gasteiger partial charge in [0, 0.05) is 11.4 Å². The molecule has 1 aromatic carbocycles. The van der Waals surface area contributed by atoms with Crippen LogP contribution in [0.4, 0.5) is 47.1 Å². The maximum atomic E-state index is 5.52. The van der Waals surface area contributed by atoms with E-state index in [4.69, 9.17) is 22.9 Å². The van der Waals surface area contributed by atoms with Crippen LogP contribution in [-0.2, 0) is 0 Å². The maximum absolute atomic E-state index is 5.52. The molecule has 10 N–H and O–H groups in total. The lowest BCUT2D eigenvalue weighted by Crippen LogP contribution is -2.07. The molecular formula is C12H14N12. The number of nitrogens with one attached hydrogen (secondary N) is 2. The van der Waals surface area contributed by atoms with Crippen LogP contribution in [-0.4, -0.2) is 29.9 Å². The summed E-state index contributed by atoms with van der Waals surface area (Å²) in [4.78, 5) is 23.1. The van der Waals surface area contributed by atoms with Crippen LogP contribution in [0, 0.1) is 0 Å². The van der Waals surface area contributed by atoms with Gasteiger partial charge in [0.05, 0.1) is 0 Å². The minimum Gasteiger partial charge on any atom is -0.368 e. The third kappa shape index (κ3) is 3.62. The zero-order chi connectivity index (χ0) is 17.1. The van der Waals surface area contributed by atoms with E-state index in [2.05, 4.69) is 40.5 Å². The molecule has 0 fully saturated rings. The number of nitrogen functional groups attached to an aromatic ring is 4. The highest BCUT2D eigenvalue weighted by molar-refractivity contribution is 5.62. The smallest absolute Gasteiger partial charge is 0.233 e. The fraction of sp³-hybridized carbons (Fsp3) is 0. The molecule has 0 saturated heterocycles. The molecule has 24 heavy (non-hydrogen) atoms. The summed E-state index contributed by atoms with van der Waals surface area (Å²) in [6, 6.07) is 7.14. The van der Waals surface area contributed by atoms with Crippen LogP contribution in [0.1, 0.15) is 0 Å². The van der Waals surface area contributed by atoms with Gasteiger partial charge in [-0.2, -0.15) is 29.9 Å². The van der Waals surface area contributed by atoms with Crippen molar-refractivity contribution in [2.24, 2.45) is 0 Å². The van der Waals surface area contributed by atoms with E-state index < -0.39 is 0 Å². The van der Waals surface area contributed by atoms with Crippen LogP contribution in [0.3, 0.4) is 0 Å². The normalized spacial score (nSPS) is 10.3. The molecule has 0 radical (unpaired) electrons. The van der Waals surface area contributed by atoms with Crippen LogP contribution in [0.25, 0.3) is 0 Å². The summed E-state index contributed by atoms with van der Waals surface area (Å²) >= 11 is 0. The fourth-order valence-corrected chi connectivity index (χ4v) is 1.83. The molecule has 0 saturated carbocycles. The quantitative estimate of drug-likeness (QED) is 0.370. The van der Waals surface area contributed by atoms with Gasteiger partial charge in [-0.25, -0.2) is 0 Å². The van der Waals surface area contributed by atoms with Crippen molar-refractivity contribution in [1.82, 2.24) is 29.9 Å². The van der Waals surface area contributed by atoms with Gasteiger partial charge in [-0.15, -0.1) is 0 Å². The molecule has 12 heteroatoms. The van der Waals surface area contributed by atoms with Gasteiger partial charge < -0.3 is 33.6 Å². The van der Waals surface area contributed by atoms with Gasteiger partial charge in [-0.3, -0.25) is 0 Å². The minimum absolute atomic E-state index is 0.0355. The first-order chi connectivity index (χ1) is 11.5. The van der Waals surface area contributed by atoms with Crippen LogP contribution in [0.2, 0.25) is 0 Å². The SMILES string of the molecule is Nc1nc(N)nc(Nc2ccc(Nc3nc(N)nc(N)n3)cc2)n1. The summed E-state index contributed by atoms with van der Waals surface area (Å²) in [5, 5.41) is 5.93. The summed E-state index contributed by atoms with van der Waals surface area (Å²) in [7, 11) is 0. The lowest BCUT2D eigenvalue weighted by atomic mass is 10.3. The van der Waals surface area contributed by atoms with Crippen molar-refractivity contribution in [2.45, 2.75) is 0 Å². The van der Waals surface area contributed by atoms with E-state index in [0.29, 0.717) is 0 Å². The van der Waals surface area contributed by atoms with Gasteiger partial charge >= 0.3 is 0 Å². The molecule has 0 atom stereocenters. The maximum Gasteiger partial charge on any atom is 0.233 e. The molecule has 0 aliphatic heterocycles. The van der Waals surface area contributed by atoms with Gasteiger partial charge in [-0.05, 0) is 24.3 Å². The number of nitrogens with two attached hydrogens (primary N) is 4. The van der Waals surface area contributed by atoms with E-state index in [1.165, 1.54) is 0 Å². The summed E-state index contributed by atoms with van der Waals surface area (Å²) < 4.78 is 0. The third-order valence-electron chi connectivity index (χ3n) is 2.74. The largest absolute Gasteiger partial charge is 0.368 e. The van der Waals surface area contributed by atoms with Gasteiger partial charge in [0.25, 0.3) is 0 Å². The topological polar surface area (TPSA) is 205 Å². The lowest BCUT2D eigenvalue weighted by molar-refractivity contribution is 1.08. The zero-order valence-corrected chi connectivity index (χ0v) is 12.3. The number of anilines is 8. The standard InChI is InChI=1S/C12H14N12/c13-7-19-8(14)22-11(21-7)17-5-1-2-6(4-3-5)18-12-23-9(15)20-10(16)24-12/h1-4H,(H5,13,14,17,19,21,22)(H5,15,16,18,20,23,24). The monoisotopic (exact) mass is 326 g/mol. The Morgan fingerprint density at radius 1 is 0.500 bits per heavy atom. The first-order valence-corrected chi connectivity index (χ1v) is 6.66. The van der Waals surface area contributed by atoms with Gasteiger partial charge in [0.15, 0.2) is 0 Å². The molecule has 2 aromatic heterocycles. The fourth-order valence-electron chi connectivity index (χ4n) is 1.83. The molecule has 0 bridgehead atoms. The van der Waals surface area contributed by atoms with Crippen molar-refractivity contribution in [2.75, 3.05) is 33.6 Å². The van der Waals surface area contributed by atoms with E-state index in [0.717, 1.165) is 11.4 Å². The first-order valence-electron chi connectivity index (χ1n) is 6.66. The lowest BCUT2D eigenvalue weighted by Gasteiger charge is -2.08. The van der Waals surface area contributed by atoms with Crippen LogP contribution in [0.15, 0.2) is 24.3 Å². The average Bonchev–Trinajstić information content (AvgIpc) is 2.47. The molecule has 12 nitrogen and oxygen atoms in total. The second kappa shape index (κ2) is 6.04. The van der Waals surface area contributed by atoms with Crippen LogP contribution < -0.4 is 33.6 Å². The van der Waals surface area contributed by atoms with Crippen molar-refractivity contribution in [1.29, 1.82) is 0 Å². The Hall–Kier alpha value is -3.96. The Balaban J connectivity index is 1.73. The number of hydrogen-bond acceptors (Lipinski definition) is 12. The molecule has 122 valence electrons. The highest BCUT2D eigenvalue weighted by Gasteiger charge is 2.04. The molecular weight excluding hydrogens is 312 g/mol. The van der Waals surface area contributed by atoms with Crippen molar-refractivity contribution in [3.63, 3.8) is 0 Å². The van der Waals surface area contributed by atoms with E-state index >= 15 is 0 Å². The predicted molar refractivity (Wildman–Crippen MR) is 90.3 cm³/mol. The predicted octanol–water partition coefficient (Wildman–Crippen LogP) is -0.127. The van der Waals surface area contributed by atoms with E-state index in [1.54, 1.807) is 24.3 Å². The summed E-state index contributed by atoms with van der Waals surface area (Å²) in [5.41, 5.74) is 23.5. The first kappa shape index (κ1) is 15.0. The Morgan fingerprint density at radius 3 is 1.08 bits per heavy atom. The number of hydrogen-bond donors (Lipinski definition) is 6. The van der Waals surface area contributed by atoms with Gasteiger partial charge in [0.1, 0.15) is 0 Å². The highest BCUT2D eigenvalue weighted by atomic mass is 15.2. The minimum atomic E-state index is 0.0355. The third-order valence-corrected chi connectivity index (χ3v) is 2.74. The van der Waals surface area contributed by atoms with Crippen molar-refractivity contribution in [3.8, 4) is 0 Å².